The lowest BCUT2D eigenvalue weighted by Crippen LogP contribution is -2.38. The molecule has 1 saturated carbocycles. The number of rotatable bonds is 6. The molecule has 0 bridgehead atoms. The van der Waals surface area contributed by atoms with Crippen LogP contribution < -0.4 is 0 Å². The van der Waals surface area contributed by atoms with E-state index in [9.17, 15) is 14.9 Å². The number of hydrogen-bond donors (Lipinski definition) is 0. The standard InChI is InChI=1S/C18H27N2O5/c1-20(2,3)12-13-24-18(21)25-17-10-6-15(7-11-17)14-4-8-16(9-5-14)19(22)23/h4-5,8-9,15,17H,6-7,10-13H2,1-3H3/q+1. The average molecular weight is 351 g/mol. The molecular formula is C18H27N2O5+. The molecule has 1 aromatic rings. The van der Waals surface area contributed by atoms with Gasteiger partial charge in [-0.15, -0.1) is 0 Å². The second kappa shape index (κ2) is 8.29. The molecule has 2 rings (SSSR count). The molecule has 0 aliphatic heterocycles. The van der Waals surface area contributed by atoms with Crippen LogP contribution in [0.3, 0.4) is 0 Å². The summed E-state index contributed by atoms with van der Waals surface area (Å²) in [5, 5.41) is 10.7. The first-order valence-electron chi connectivity index (χ1n) is 8.63. The lowest BCUT2D eigenvalue weighted by atomic mass is 9.83. The predicted molar refractivity (Wildman–Crippen MR) is 93.4 cm³/mol. The summed E-state index contributed by atoms with van der Waals surface area (Å²) in [6, 6.07) is 6.73. The van der Waals surface area contributed by atoms with Gasteiger partial charge in [0, 0.05) is 12.1 Å². The first-order chi connectivity index (χ1) is 11.7. The van der Waals surface area contributed by atoms with Crippen molar-refractivity contribution in [2.45, 2.75) is 37.7 Å². The lowest BCUT2D eigenvalue weighted by Gasteiger charge is -2.28. The van der Waals surface area contributed by atoms with Crippen molar-refractivity contribution in [3.8, 4) is 0 Å². The van der Waals surface area contributed by atoms with Crippen molar-refractivity contribution in [2.24, 2.45) is 0 Å². The highest BCUT2D eigenvalue weighted by atomic mass is 16.7. The summed E-state index contributed by atoms with van der Waals surface area (Å²) in [6.07, 6.45) is 2.67. The van der Waals surface area contributed by atoms with E-state index < -0.39 is 11.1 Å². The number of carbonyl (C=O) groups excluding carboxylic acids is 1. The van der Waals surface area contributed by atoms with Crippen molar-refractivity contribution in [1.82, 2.24) is 0 Å². The Morgan fingerprint density at radius 2 is 1.76 bits per heavy atom. The van der Waals surface area contributed by atoms with Crippen molar-refractivity contribution in [2.75, 3.05) is 34.3 Å². The van der Waals surface area contributed by atoms with E-state index in [0.717, 1.165) is 42.3 Å². The van der Waals surface area contributed by atoms with E-state index in [4.69, 9.17) is 9.47 Å². The number of non-ortho nitro benzene ring substituents is 1. The van der Waals surface area contributed by atoms with E-state index in [0.29, 0.717) is 12.5 Å². The molecule has 0 unspecified atom stereocenters. The first-order valence-corrected chi connectivity index (χ1v) is 8.63. The van der Waals surface area contributed by atoms with Crippen molar-refractivity contribution < 1.29 is 23.7 Å². The zero-order valence-electron chi connectivity index (χ0n) is 15.1. The number of likely N-dealkylation sites (N-methyl/N-ethyl adjacent to an activating group) is 1. The molecule has 0 radical (unpaired) electrons. The maximum Gasteiger partial charge on any atom is 0.508 e. The first kappa shape index (κ1) is 19.2. The van der Waals surface area contributed by atoms with Crippen LogP contribution in [0.1, 0.15) is 37.2 Å². The molecule has 0 aromatic heterocycles. The maximum atomic E-state index is 11.7. The highest BCUT2D eigenvalue weighted by molar-refractivity contribution is 5.60. The largest absolute Gasteiger partial charge is 0.508 e. The summed E-state index contributed by atoms with van der Waals surface area (Å²) < 4.78 is 11.2. The van der Waals surface area contributed by atoms with Gasteiger partial charge in [-0.2, -0.15) is 0 Å². The molecule has 138 valence electrons. The summed E-state index contributed by atoms with van der Waals surface area (Å²) in [7, 11) is 6.11. The molecule has 0 saturated heterocycles. The fraction of sp³-hybridized carbons (Fsp3) is 0.611. The van der Waals surface area contributed by atoms with Gasteiger partial charge in [0.25, 0.3) is 5.69 Å². The Bertz CT molecular complexity index is 586. The highest BCUT2D eigenvalue weighted by Crippen LogP contribution is 2.34. The van der Waals surface area contributed by atoms with Gasteiger partial charge in [-0.1, -0.05) is 12.1 Å². The molecular weight excluding hydrogens is 324 g/mol. The van der Waals surface area contributed by atoms with Gasteiger partial charge in [0.05, 0.1) is 26.1 Å². The number of nitro benzene ring substituents is 1. The zero-order chi connectivity index (χ0) is 18.4. The Balaban J connectivity index is 1.74. The Morgan fingerprint density at radius 3 is 2.28 bits per heavy atom. The highest BCUT2D eigenvalue weighted by Gasteiger charge is 2.26. The summed E-state index contributed by atoms with van der Waals surface area (Å²) in [5.41, 5.74) is 1.21. The van der Waals surface area contributed by atoms with E-state index in [1.165, 1.54) is 0 Å². The number of ether oxygens (including phenoxy) is 2. The minimum atomic E-state index is -0.591. The minimum Gasteiger partial charge on any atom is -0.431 e. The second-order valence-electron chi connectivity index (χ2n) is 7.55. The van der Waals surface area contributed by atoms with Gasteiger partial charge in [-0.3, -0.25) is 10.1 Å². The molecule has 7 heteroatoms. The average Bonchev–Trinajstić information content (AvgIpc) is 2.54. The van der Waals surface area contributed by atoms with Crippen molar-refractivity contribution >= 4 is 11.8 Å². The quantitative estimate of drug-likeness (QED) is 0.339. The van der Waals surface area contributed by atoms with E-state index in [1.54, 1.807) is 12.1 Å². The van der Waals surface area contributed by atoms with Crippen LogP contribution in [-0.4, -0.2) is 56.0 Å². The number of hydrogen-bond acceptors (Lipinski definition) is 5. The molecule has 1 aliphatic rings. The molecule has 1 aromatic carbocycles. The van der Waals surface area contributed by atoms with Crippen LogP contribution in [0.15, 0.2) is 24.3 Å². The molecule has 7 nitrogen and oxygen atoms in total. The van der Waals surface area contributed by atoms with Gasteiger partial charge in [0.1, 0.15) is 19.3 Å². The molecule has 0 atom stereocenters. The van der Waals surface area contributed by atoms with E-state index in [-0.39, 0.29) is 11.8 Å². The molecule has 0 amide bonds. The molecule has 1 aliphatic carbocycles. The topological polar surface area (TPSA) is 78.7 Å². The molecule has 0 spiro atoms. The van der Waals surface area contributed by atoms with Crippen LogP contribution >= 0.6 is 0 Å². The van der Waals surface area contributed by atoms with Gasteiger partial charge < -0.3 is 14.0 Å². The molecule has 25 heavy (non-hydrogen) atoms. The van der Waals surface area contributed by atoms with Gasteiger partial charge in [0.15, 0.2) is 0 Å². The normalized spacial score (nSPS) is 20.8. The van der Waals surface area contributed by atoms with Crippen LogP contribution in [0.2, 0.25) is 0 Å². The third-order valence-electron chi connectivity index (χ3n) is 4.49. The third-order valence-corrected chi connectivity index (χ3v) is 4.49. The van der Waals surface area contributed by atoms with Gasteiger partial charge in [-0.25, -0.2) is 4.79 Å². The Kier molecular flexibility index (Phi) is 6.36. The monoisotopic (exact) mass is 351 g/mol. The van der Waals surface area contributed by atoms with Gasteiger partial charge >= 0.3 is 6.16 Å². The van der Waals surface area contributed by atoms with Crippen molar-refractivity contribution in [3.63, 3.8) is 0 Å². The van der Waals surface area contributed by atoms with Crippen LogP contribution in [0, 0.1) is 10.1 Å². The van der Waals surface area contributed by atoms with Crippen LogP contribution in [0.5, 0.6) is 0 Å². The fourth-order valence-electron chi connectivity index (χ4n) is 2.96. The number of nitrogens with zero attached hydrogens (tertiary/aromatic N) is 2. The van der Waals surface area contributed by atoms with Gasteiger partial charge in [0.2, 0.25) is 0 Å². The maximum absolute atomic E-state index is 11.7. The predicted octanol–water partition coefficient (Wildman–Crippen LogP) is 3.48. The lowest BCUT2D eigenvalue weighted by molar-refractivity contribution is -0.870. The number of nitro groups is 1. The van der Waals surface area contributed by atoms with Crippen LogP contribution in [0.4, 0.5) is 10.5 Å². The zero-order valence-corrected chi connectivity index (χ0v) is 15.1. The molecule has 0 N–H and O–H groups in total. The van der Waals surface area contributed by atoms with E-state index in [1.807, 2.05) is 33.3 Å². The second-order valence-corrected chi connectivity index (χ2v) is 7.55. The number of benzene rings is 1. The van der Waals surface area contributed by atoms with Crippen LogP contribution in [-0.2, 0) is 9.47 Å². The minimum absolute atomic E-state index is 0.106. The summed E-state index contributed by atoms with van der Waals surface area (Å²) in [4.78, 5) is 22.1. The van der Waals surface area contributed by atoms with Gasteiger partial charge in [-0.05, 0) is 37.2 Å². The summed E-state index contributed by atoms with van der Waals surface area (Å²) in [5.74, 6) is 0.356. The summed E-state index contributed by atoms with van der Waals surface area (Å²) in [6.45, 7) is 1.09. The number of quaternary nitrogens is 1. The van der Waals surface area contributed by atoms with E-state index >= 15 is 0 Å². The molecule has 1 fully saturated rings. The SMILES string of the molecule is C[N+](C)(C)CCOC(=O)OC1CCC(c2ccc([N+](=O)[O-])cc2)CC1. The Labute approximate surface area is 148 Å². The van der Waals surface area contributed by atoms with E-state index in [2.05, 4.69) is 0 Å². The third kappa shape index (κ3) is 6.34. The van der Waals surface area contributed by atoms with Crippen LogP contribution in [0.25, 0.3) is 0 Å². The van der Waals surface area contributed by atoms with Crippen molar-refractivity contribution in [3.05, 3.63) is 39.9 Å². The fourth-order valence-corrected chi connectivity index (χ4v) is 2.96. The number of carbonyl (C=O) groups is 1. The smallest absolute Gasteiger partial charge is 0.431 e. The Hall–Kier alpha value is -2.15. The Morgan fingerprint density at radius 1 is 1.16 bits per heavy atom. The van der Waals surface area contributed by atoms with Crippen molar-refractivity contribution in [1.29, 1.82) is 0 Å². The summed E-state index contributed by atoms with van der Waals surface area (Å²) >= 11 is 0. The molecule has 0 heterocycles.